The van der Waals surface area contributed by atoms with E-state index in [1.165, 1.54) is 11.7 Å². The van der Waals surface area contributed by atoms with Crippen LogP contribution in [0.1, 0.15) is 5.69 Å². The van der Waals surface area contributed by atoms with Crippen LogP contribution in [0.15, 0.2) is 4.90 Å². The van der Waals surface area contributed by atoms with Crippen LogP contribution in [0, 0.1) is 6.92 Å². The molecule has 0 aliphatic carbocycles. The monoisotopic (exact) mass is 267 g/mol. The number of halogens is 1. The van der Waals surface area contributed by atoms with E-state index < -0.39 is 10.0 Å². The van der Waals surface area contributed by atoms with Crippen molar-refractivity contribution < 1.29 is 13.5 Å². The van der Waals surface area contributed by atoms with Crippen molar-refractivity contribution in [1.82, 2.24) is 14.1 Å². The van der Waals surface area contributed by atoms with Crippen LogP contribution >= 0.6 is 11.6 Å². The Morgan fingerprint density at radius 2 is 2.12 bits per heavy atom. The molecule has 0 saturated carbocycles. The minimum atomic E-state index is -3.68. The number of aromatic nitrogens is 2. The summed E-state index contributed by atoms with van der Waals surface area (Å²) in [6.07, 6.45) is 0. The first-order valence-electron chi connectivity index (χ1n) is 4.58. The fourth-order valence-corrected chi connectivity index (χ4v) is 3.18. The highest BCUT2D eigenvalue weighted by Gasteiger charge is 2.28. The van der Waals surface area contributed by atoms with Crippen LogP contribution in [0.3, 0.4) is 0 Å². The second-order valence-electron chi connectivity index (χ2n) is 3.38. The van der Waals surface area contributed by atoms with E-state index in [2.05, 4.69) is 5.10 Å². The van der Waals surface area contributed by atoms with Crippen molar-refractivity contribution >= 4 is 21.6 Å². The molecule has 0 amide bonds. The molecule has 0 unspecified atom stereocenters. The first kappa shape index (κ1) is 13.4. The number of likely N-dealkylation sites (N-methyl/N-ethyl adjacent to an activating group) is 1. The van der Waals surface area contributed by atoms with Crippen molar-refractivity contribution in [2.24, 2.45) is 7.05 Å². The lowest BCUT2D eigenvalue weighted by Gasteiger charge is -2.15. The highest BCUT2D eigenvalue weighted by Crippen LogP contribution is 2.26. The molecule has 1 heterocycles. The van der Waals surface area contributed by atoms with Gasteiger partial charge in [-0.2, -0.15) is 9.40 Å². The second kappa shape index (κ2) is 4.70. The van der Waals surface area contributed by atoms with Gasteiger partial charge >= 0.3 is 0 Å². The third kappa shape index (κ3) is 2.22. The summed E-state index contributed by atoms with van der Waals surface area (Å²) in [5.74, 6) is 0. The minimum absolute atomic E-state index is 0.00684. The summed E-state index contributed by atoms with van der Waals surface area (Å²) < 4.78 is 26.5. The molecule has 1 aromatic heterocycles. The van der Waals surface area contributed by atoms with Crippen molar-refractivity contribution in [2.75, 3.05) is 20.2 Å². The van der Waals surface area contributed by atoms with Gasteiger partial charge in [0.1, 0.15) is 10.0 Å². The van der Waals surface area contributed by atoms with E-state index in [0.29, 0.717) is 5.69 Å². The summed E-state index contributed by atoms with van der Waals surface area (Å²) in [5.41, 5.74) is 0.345. The number of aryl methyl sites for hydroxylation is 2. The van der Waals surface area contributed by atoms with Crippen molar-refractivity contribution in [1.29, 1.82) is 0 Å². The van der Waals surface area contributed by atoms with Crippen molar-refractivity contribution in [3.63, 3.8) is 0 Å². The minimum Gasteiger partial charge on any atom is -0.395 e. The van der Waals surface area contributed by atoms with E-state index in [1.54, 1.807) is 14.0 Å². The van der Waals surface area contributed by atoms with Gasteiger partial charge in [-0.05, 0) is 6.92 Å². The number of aliphatic hydroxyl groups is 1. The Kier molecular flexibility index (Phi) is 3.95. The van der Waals surface area contributed by atoms with Gasteiger partial charge in [0.15, 0.2) is 0 Å². The smallest absolute Gasteiger partial charge is 0.247 e. The molecule has 1 rings (SSSR count). The molecule has 0 fully saturated rings. The molecule has 1 N–H and O–H groups in total. The summed E-state index contributed by atoms with van der Waals surface area (Å²) in [6.45, 7) is 1.35. The average Bonchev–Trinajstić information content (AvgIpc) is 2.41. The zero-order chi connectivity index (χ0) is 12.5. The van der Waals surface area contributed by atoms with Crippen LogP contribution in [0.5, 0.6) is 0 Å². The first-order valence-corrected chi connectivity index (χ1v) is 6.40. The topological polar surface area (TPSA) is 75.4 Å². The summed E-state index contributed by atoms with van der Waals surface area (Å²) >= 11 is 5.87. The zero-order valence-electron chi connectivity index (χ0n) is 9.31. The maximum atomic E-state index is 12.1. The van der Waals surface area contributed by atoms with E-state index in [9.17, 15) is 8.42 Å². The number of hydrogen-bond donors (Lipinski definition) is 1. The van der Waals surface area contributed by atoms with Crippen LogP contribution in [-0.4, -0.2) is 47.8 Å². The van der Waals surface area contributed by atoms with Gasteiger partial charge < -0.3 is 5.11 Å². The lowest BCUT2D eigenvalue weighted by Crippen LogP contribution is -2.30. The third-order valence-corrected chi connectivity index (χ3v) is 4.74. The number of rotatable bonds is 4. The number of nitrogens with zero attached hydrogens (tertiary/aromatic N) is 3. The Balaban J connectivity index is 3.27. The molecule has 8 heteroatoms. The summed E-state index contributed by atoms with van der Waals surface area (Å²) in [7, 11) is -0.730. The Hall–Kier alpha value is -0.630. The van der Waals surface area contributed by atoms with Crippen molar-refractivity contribution in [3.05, 3.63) is 10.8 Å². The molecular weight excluding hydrogens is 254 g/mol. The average molecular weight is 268 g/mol. The third-order valence-electron chi connectivity index (χ3n) is 2.18. The van der Waals surface area contributed by atoms with E-state index >= 15 is 0 Å². The van der Waals surface area contributed by atoms with Crippen LogP contribution in [0.25, 0.3) is 0 Å². The number of sulfonamides is 1. The Bertz CT molecular complexity index is 483. The lowest BCUT2D eigenvalue weighted by molar-refractivity contribution is 0.266. The SMILES string of the molecule is Cc1nn(C)c(Cl)c1S(=O)(=O)N(C)CCO. The van der Waals surface area contributed by atoms with Crippen molar-refractivity contribution in [2.45, 2.75) is 11.8 Å². The maximum Gasteiger partial charge on any atom is 0.247 e. The Morgan fingerprint density at radius 1 is 1.56 bits per heavy atom. The van der Waals surface area contributed by atoms with Gasteiger partial charge in [-0.1, -0.05) is 11.6 Å². The van der Waals surface area contributed by atoms with Crippen LogP contribution in [0.2, 0.25) is 5.15 Å². The quantitative estimate of drug-likeness (QED) is 0.833. The summed E-state index contributed by atoms with van der Waals surface area (Å²) in [5, 5.41) is 12.7. The van der Waals surface area contributed by atoms with Gasteiger partial charge in [-0.25, -0.2) is 8.42 Å². The normalized spacial score (nSPS) is 12.4. The largest absolute Gasteiger partial charge is 0.395 e. The molecule has 0 radical (unpaired) electrons. The molecule has 16 heavy (non-hydrogen) atoms. The van der Waals surface area contributed by atoms with E-state index in [0.717, 1.165) is 4.31 Å². The predicted octanol–water partition coefficient (Wildman–Crippen LogP) is -0.00528. The summed E-state index contributed by atoms with van der Waals surface area (Å²) in [6, 6.07) is 0. The van der Waals surface area contributed by atoms with Crippen LogP contribution in [-0.2, 0) is 17.1 Å². The van der Waals surface area contributed by atoms with Gasteiger partial charge in [-0.15, -0.1) is 0 Å². The lowest BCUT2D eigenvalue weighted by atomic mass is 10.5. The molecule has 1 aromatic rings. The highest BCUT2D eigenvalue weighted by molar-refractivity contribution is 7.89. The first-order chi connectivity index (χ1) is 7.32. The predicted molar refractivity (Wildman–Crippen MR) is 59.9 cm³/mol. The van der Waals surface area contributed by atoms with E-state index in [1.807, 2.05) is 0 Å². The molecule has 0 aromatic carbocycles. The molecule has 0 atom stereocenters. The summed E-state index contributed by atoms with van der Waals surface area (Å²) in [4.78, 5) is -0.00684. The van der Waals surface area contributed by atoms with Gasteiger partial charge in [0, 0.05) is 20.6 Å². The van der Waals surface area contributed by atoms with Gasteiger partial charge in [-0.3, -0.25) is 4.68 Å². The van der Waals surface area contributed by atoms with Gasteiger partial charge in [0.25, 0.3) is 0 Å². The fourth-order valence-electron chi connectivity index (χ4n) is 1.32. The zero-order valence-corrected chi connectivity index (χ0v) is 10.9. The standard InChI is InChI=1S/C8H14ClN3O3S/c1-6-7(8(9)12(3)10-6)16(14,15)11(2)4-5-13/h13H,4-5H2,1-3H3. The molecule has 0 aliphatic heterocycles. The highest BCUT2D eigenvalue weighted by atomic mass is 35.5. The van der Waals surface area contributed by atoms with Crippen LogP contribution in [0.4, 0.5) is 0 Å². The Labute approximate surface area is 99.5 Å². The number of aliphatic hydroxyl groups excluding tert-OH is 1. The fraction of sp³-hybridized carbons (Fsp3) is 0.625. The van der Waals surface area contributed by atoms with E-state index in [-0.39, 0.29) is 23.2 Å². The molecule has 0 saturated heterocycles. The van der Waals surface area contributed by atoms with Crippen LogP contribution < -0.4 is 0 Å². The van der Waals surface area contributed by atoms with Gasteiger partial charge in [0.05, 0.1) is 12.3 Å². The molecule has 92 valence electrons. The molecule has 6 nitrogen and oxygen atoms in total. The Morgan fingerprint density at radius 3 is 2.50 bits per heavy atom. The second-order valence-corrected chi connectivity index (χ2v) is 5.72. The molecular formula is C8H14ClN3O3S. The number of hydrogen-bond acceptors (Lipinski definition) is 4. The van der Waals surface area contributed by atoms with Gasteiger partial charge in [0.2, 0.25) is 10.0 Å². The van der Waals surface area contributed by atoms with E-state index in [4.69, 9.17) is 16.7 Å². The molecule has 0 spiro atoms. The molecule has 0 bridgehead atoms. The molecule has 0 aliphatic rings. The maximum absolute atomic E-state index is 12.1. The van der Waals surface area contributed by atoms with Crippen molar-refractivity contribution in [3.8, 4) is 0 Å².